The van der Waals surface area contributed by atoms with E-state index in [4.69, 9.17) is 23.2 Å². The lowest BCUT2D eigenvalue weighted by Gasteiger charge is -2.14. The molecule has 92 valence electrons. The van der Waals surface area contributed by atoms with Crippen molar-refractivity contribution in [2.45, 2.75) is 25.7 Å². The van der Waals surface area contributed by atoms with Crippen molar-refractivity contribution in [1.82, 2.24) is 5.32 Å². The molecule has 0 aliphatic carbocycles. The van der Waals surface area contributed by atoms with Crippen molar-refractivity contribution < 1.29 is 4.79 Å². The highest BCUT2D eigenvalue weighted by atomic mass is 35.5. The fourth-order valence-electron chi connectivity index (χ4n) is 2.16. The minimum Gasteiger partial charge on any atom is -0.356 e. The molecule has 1 unspecified atom stereocenters. The predicted octanol–water partition coefficient (Wildman–Crippen LogP) is 3.45. The summed E-state index contributed by atoms with van der Waals surface area (Å²) in [6, 6.07) is 5.40. The Balaban J connectivity index is 2.13. The van der Waals surface area contributed by atoms with Gasteiger partial charge in [0, 0.05) is 22.5 Å². The topological polar surface area (TPSA) is 29.1 Å². The zero-order valence-corrected chi connectivity index (χ0v) is 11.0. The standard InChI is InChI=1S/C13H15Cl2NO/c14-11-4-5-12(15)10(8-11)7-9-3-1-2-6-16-13(9)17/h4-5,8-9H,1-3,6-7H2,(H,16,17). The van der Waals surface area contributed by atoms with Crippen molar-refractivity contribution in [1.29, 1.82) is 0 Å². The Labute approximate surface area is 111 Å². The van der Waals surface area contributed by atoms with Gasteiger partial charge in [-0.25, -0.2) is 0 Å². The third-order valence-electron chi connectivity index (χ3n) is 3.12. The second-order valence-electron chi connectivity index (χ2n) is 4.42. The van der Waals surface area contributed by atoms with Crippen LogP contribution in [-0.4, -0.2) is 12.5 Å². The van der Waals surface area contributed by atoms with Crippen LogP contribution in [0.5, 0.6) is 0 Å². The highest BCUT2D eigenvalue weighted by Gasteiger charge is 2.21. The molecule has 0 spiro atoms. The highest BCUT2D eigenvalue weighted by Crippen LogP contribution is 2.25. The Hall–Kier alpha value is -0.730. The van der Waals surface area contributed by atoms with Crippen molar-refractivity contribution >= 4 is 29.1 Å². The first-order valence-corrected chi connectivity index (χ1v) is 6.64. The Morgan fingerprint density at radius 1 is 1.29 bits per heavy atom. The lowest BCUT2D eigenvalue weighted by atomic mass is 9.94. The summed E-state index contributed by atoms with van der Waals surface area (Å²) >= 11 is 12.1. The first-order chi connectivity index (χ1) is 8.16. The van der Waals surface area contributed by atoms with Crippen LogP contribution in [-0.2, 0) is 11.2 Å². The van der Waals surface area contributed by atoms with Crippen LogP contribution in [0.3, 0.4) is 0 Å². The summed E-state index contributed by atoms with van der Waals surface area (Å²) in [6.07, 6.45) is 3.74. The highest BCUT2D eigenvalue weighted by molar-refractivity contribution is 6.33. The van der Waals surface area contributed by atoms with Gasteiger partial charge in [-0.05, 0) is 43.0 Å². The van der Waals surface area contributed by atoms with E-state index in [1.165, 1.54) is 0 Å². The fourth-order valence-corrected chi connectivity index (χ4v) is 2.55. The van der Waals surface area contributed by atoms with Gasteiger partial charge < -0.3 is 5.32 Å². The van der Waals surface area contributed by atoms with E-state index in [9.17, 15) is 4.79 Å². The summed E-state index contributed by atoms with van der Waals surface area (Å²) < 4.78 is 0. The smallest absolute Gasteiger partial charge is 0.223 e. The van der Waals surface area contributed by atoms with Crippen LogP contribution in [0, 0.1) is 5.92 Å². The van der Waals surface area contributed by atoms with Crippen LogP contribution in [0.15, 0.2) is 18.2 Å². The molecule has 2 nitrogen and oxygen atoms in total. The maximum absolute atomic E-state index is 11.8. The lowest BCUT2D eigenvalue weighted by molar-refractivity contribution is -0.124. The predicted molar refractivity (Wildman–Crippen MR) is 70.5 cm³/mol. The van der Waals surface area contributed by atoms with Gasteiger partial charge in [0.2, 0.25) is 5.91 Å². The quantitative estimate of drug-likeness (QED) is 0.877. The first kappa shape index (κ1) is 12.7. The largest absolute Gasteiger partial charge is 0.356 e. The average molecular weight is 272 g/mol. The van der Waals surface area contributed by atoms with Gasteiger partial charge in [-0.2, -0.15) is 0 Å². The van der Waals surface area contributed by atoms with Crippen molar-refractivity contribution in [3.63, 3.8) is 0 Å². The number of carbonyl (C=O) groups excluding carboxylic acids is 1. The molecule has 1 aliphatic heterocycles. The molecule has 1 aromatic carbocycles. The van der Waals surface area contributed by atoms with Gasteiger partial charge in [-0.15, -0.1) is 0 Å². The van der Waals surface area contributed by atoms with E-state index in [1.54, 1.807) is 12.1 Å². The third kappa shape index (κ3) is 3.36. The van der Waals surface area contributed by atoms with Gasteiger partial charge in [-0.1, -0.05) is 29.6 Å². The Morgan fingerprint density at radius 2 is 2.12 bits per heavy atom. The number of amides is 1. The normalized spacial score (nSPS) is 20.8. The van der Waals surface area contributed by atoms with Gasteiger partial charge in [0.1, 0.15) is 0 Å². The van der Waals surface area contributed by atoms with Crippen LogP contribution in [0.4, 0.5) is 0 Å². The number of hydrogen-bond acceptors (Lipinski definition) is 1. The molecule has 1 N–H and O–H groups in total. The molecule has 0 bridgehead atoms. The molecular formula is C13H15Cl2NO. The second kappa shape index (κ2) is 5.74. The van der Waals surface area contributed by atoms with Gasteiger partial charge in [0.25, 0.3) is 0 Å². The number of benzene rings is 1. The van der Waals surface area contributed by atoms with E-state index >= 15 is 0 Å². The van der Waals surface area contributed by atoms with E-state index in [0.29, 0.717) is 16.5 Å². The molecule has 1 aliphatic rings. The van der Waals surface area contributed by atoms with E-state index < -0.39 is 0 Å². The van der Waals surface area contributed by atoms with Crippen molar-refractivity contribution in [2.75, 3.05) is 6.54 Å². The molecule has 1 atom stereocenters. The van der Waals surface area contributed by atoms with Crippen LogP contribution >= 0.6 is 23.2 Å². The molecular weight excluding hydrogens is 257 g/mol. The SMILES string of the molecule is O=C1NCCCCC1Cc1cc(Cl)ccc1Cl. The molecule has 1 saturated heterocycles. The second-order valence-corrected chi connectivity index (χ2v) is 5.27. The summed E-state index contributed by atoms with van der Waals surface area (Å²) in [6.45, 7) is 0.790. The van der Waals surface area contributed by atoms with Gasteiger partial charge >= 0.3 is 0 Å². The maximum atomic E-state index is 11.8. The van der Waals surface area contributed by atoms with Crippen LogP contribution in [0.25, 0.3) is 0 Å². The molecule has 17 heavy (non-hydrogen) atoms. The molecule has 0 aromatic heterocycles. The van der Waals surface area contributed by atoms with Crippen LogP contribution in [0.1, 0.15) is 24.8 Å². The molecule has 0 radical (unpaired) electrons. The van der Waals surface area contributed by atoms with Crippen LogP contribution in [0.2, 0.25) is 10.0 Å². The van der Waals surface area contributed by atoms with E-state index in [0.717, 1.165) is 31.4 Å². The zero-order chi connectivity index (χ0) is 12.3. The molecule has 1 fully saturated rings. The minimum absolute atomic E-state index is 0.0217. The molecule has 1 heterocycles. The fraction of sp³-hybridized carbons (Fsp3) is 0.462. The Bertz CT molecular complexity index is 420. The van der Waals surface area contributed by atoms with Gasteiger partial charge in [-0.3, -0.25) is 4.79 Å². The molecule has 4 heteroatoms. The number of hydrogen-bond donors (Lipinski definition) is 1. The van der Waals surface area contributed by atoms with Gasteiger partial charge in [0.05, 0.1) is 0 Å². The Kier molecular flexibility index (Phi) is 4.30. The molecule has 0 saturated carbocycles. The van der Waals surface area contributed by atoms with Gasteiger partial charge in [0.15, 0.2) is 0 Å². The van der Waals surface area contributed by atoms with E-state index in [-0.39, 0.29) is 11.8 Å². The molecule has 2 rings (SSSR count). The minimum atomic E-state index is 0.0217. The lowest BCUT2D eigenvalue weighted by Crippen LogP contribution is -2.30. The van der Waals surface area contributed by atoms with E-state index in [2.05, 4.69) is 5.32 Å². The molecule has 1 amide bonds. The summed E-state index contributed by atoms with van der Waals surface area (Å²) in [5.74, 6) is 0.159. The van der Waals surface area contributed by atoms with E-state index in [1.807, 2.05) is 6.07 Å². The summed E-state index contributed by atoms with van der Waals surface area (Å²) in [5.41, 5.74) is 0.959. The number of rotatable bonds is 2. The number of nitrogens with one attached hydrogen (secondary N) is 1. The third-order valence-corrected chi connectivity index (χ3v) is 3.73. The average Bonchev–Trinajstić information content (AvgIpc) is 2.50. The molecule has 1 aromatic rings. The summed E-state index contributed by atoms with van der Waals surface area (Å²) in [7, 11) is 0. The monoisotopic (exact) mass is 271 g/mol. The number of halogens is 2. The van der Waals surface area contributed by atoms with Crippen molar-refractivity contribution in [3.05, 3.63) is 33.8 Å². The van der Waals surface area contributed by atoms with Crippen molar-refractivity contribution in [3.8, 4) is 0 Å². The summed E-state index contributed by atoms with van der Waals surface area (Å²) in [4.78, 5) is 11.8. The Morgan fingerprint density at radius 3 is 2.94 bits per heavy atom. The summed E-state index contributed by atoms with van der Waals surface area (Å²) in [5, 5.41) is 4.29. The number of carbonyl (C=O) groups is 1. The maximum Gasteiger partial charge on any atom is 0.223 e. The zero-order valence-electron chi connectivity index (χ0n) is 9.51. The van der Waals surface area contributed by atoms with Crippen molar-refractivity contribution in [2.24, 2.45) is 5.92 Å². The van der Waals surface area contributed by atoms with Crippen LogP contribution < -0.4 is 5.32 Å². The first-order valence-electron chi connectivity index (χ1n) is 5.88.